The highest BCUT2D eigenvalue weighted by Gasteiger charge is 2.48. The van der Waals surface area contributed by atoms with E-state index in [-0.39, 0.29) is 5.92 Å². The number of alkyl halides is 4. The molecule has 2 atom stereocenters. The number of hydrogen-bond donors (Lipinski definition) is 1. The van der Waals surface area contributed by atoms with Gasteiger partial charge in [0.15, 0.2) is 0 Å². The summed E-state index contributed by atoms with van der Waals surface area (Å²) >= 11 is 0. The predicted molar refractivity (Wildman–Crippen MR) is 45.5 cm³/mol. The zero-order chi connectivity index (χ0) is 11.0. The molecule has 0 spiro atoms. The van der Waals surface area contributed by atoms with Gasteiger partial charge in [-0.15, -0.1) is 0 Å². The van der Waals surface area contributed by atoms with E-state index in [1.165, 1.54) is 0 Å². The highest BCUT2D eigenvalue weighted by molar-refractivity contribution is 4.96. The van der Waals surface area contributed by atoms with Crippen LogP contribution in [0.2, 0.25) is 0 Å². The van der Waals surface area contributed by atoms with Crippen LogP contribution in [0.25, 0.3) is 0 Å². The van der Waals surface area contributed by atoms with Crippen molar-refractivity contribution in [3.8, 4) is 0 Å². The Labute approximate surface area is 80.7 Å². The van der Waals surface area contributed by atoms with Gasteiger partial charge in [-0.1, -0.05) is 6.92 Å². The van der Waals surface area contributed by atoms with Crippen LogP contribution in [-0.2, 0) is 0 Å². The molecule has 0 radical (unpaired) electrons. The predicted octanol–water partition coefficient (Wildman–Crippen LogP) is 2.79. The van der Waals surface area contributed by atoms with Crippen molar-refractivity contribution < 1.29 is 17.6 Å². The van der Waals surface area contributed by atoms with Gasteiger partial charge < -0.3 is 5.73 Å². The third kappa shape index (κ3) is 2.59. The zero-order valence-corrected chi connectivity index (χ0v) is 8.07. The SMILES string of the molecule is CC1CCC(N)(CC(F)(F)C(F)F)C1. The molecular weight excluding hydrogens is 198 g/mol. The molecule has 0 aromatic heterocycles. The summed E-state index contributed by atoms with van der Waals surface area (Å²) in [6.07, 6.45) is -2.94. The lowest BCUT2D eigenvalue weighted by atomic mass is 9.90. The minimum atomic E-state index is -3.95. The van der Waals surface area contributed by atoms with Crippen molar-refractivity contribution in [2.45, 2.75) is 50.5 Å². The maximum atomic E-state index is 12.7. The Morgan fingerprint density at radius 2 is 2.07 bits per heavy atom. The Kier molecular flexibility index (Phi) is 3.09. The van der Waals surface area contributed by atoms with E-state index in [1.807, 2.05) is 6.92 Å². The van der Waals surface area contributed by atoms with Gasteiger partial charge >= 0.3 is 12.3 Å². The molecule has 5 heteroatoms. The largest absolute Gasteiger partial charge is 0.325 e. The number of hydrogen-bond acceptors (Lipinski definition) is 1. The summed E-state index contributed by atoms with van der Waals surface area (Å²) in [4.78, 5) is 0. The molecule has 14 heavy (non-hydrogen) atoms. The molecule has 1 aliphatic rings. The van der Waals surface area contributed by atoms with Crippen LogP contribution >= 0.6 is 0 Å². The summed E-state index contributed by atoms with van der Waals surface area (Å²) in [7, 11) is 0. The molecule has 1 rings (SSSR count). The monoisotopic (exact) mass is 213 g/mol. The van der Waals surface area contributed by atoms with Crippen LogP contribution < -0.4 is 5.73 Å². The molecule has 1 fully saturated rings. The number of nitrogens with two attached hydrogens (primary N) is 1. The summed E-state index contributed by atoms with van der Waals surface area (Å²) in [5.41, 5.74) is 4.56. The van der Waals surface area contributed by atoms with E-state index >= 15 is 0 Å². The highest BCUT2D eigenvalue weighted by atomic mass is 19.3. The summed E-state index contributed by atoms with van der Waals surface area (Å²) in [5, 5.41) is 0. The third-order valence-electron chi connectivity index (χ3n) is 2.80. The van der Waals surface area contributed by atoms with Gasteiger partial charge in [0.05, 0.1) is 0 Å². The van der Waals surface area contributed by atoms with Gasteiger partial charge in [0.1, 0.15) is 0 Å². The summed E-state index contributed by atoms with van der Waals surface area (Å²) < 4.78 is 49.3. The van der Waals surface area contributed by atoms with Gasteiger partial charge in [-0.2, -0.15) is 0 Å². The average Bonchev–Trinajstić information content (AvgIpc) is 2.29. The second-order valence-electron chi connectivity index (χ2n) is 4.45. The molecule has 1 nitrogen and oxygen atoms in total. The van der Waals surface area contributed by atoms with Crippen molar-refractivity contribution in [2.75, 3.05) is 0 Å². The molecule has 0 aromatic carbocycles. The normalized spacial score (nSPS) is 34.1. The van der Waals surface area contributed by atoms with Crippen LogP contribution in [0.1, 0.15) is 32.6 Å². The van der Waals surface area contributed by atoms with E-state index in [4.69, 9.17) is 5.73 Å². The lowest BCUT2D eigenvalue weighted by Gasteiger charge is -2.28. The first kappa shape index (κ1) is 11.8. The van der Waals surface area contributed by atoms with Gasteiger partial charge in [-0.05, 0) is 25.2 Å². The summed E-state index contributed by atoms with van der Waals surface area (Å²) in [5.74, 6) is -3.69. The zero-order valence-electron chi connectivity index (χ0n) is 8.07. The lowest BCUT2D eigenvalue weighted by molar-refractivity contribution is -0.143. The molecule has 2 N–H and O–H groups in total. The Hall–Kier alpha value is -0.320. The Morgan fingerprint density at radius 3 is 2.43 bits per heavy atom. The molecule has 0 amide bonds. The van der Waals surface area contributed by atoms with Crippen LogP contribution in [0.15, 0.2) is 0 Å². The number of halogens is 4. The minimum Gasteiger partial charge on any atom is -0.325 e. The standard InChI is InChI=1S/C9H15F4N/c1-6-2-3-8(14,4-6)5-9(12,13)7(10)11/h6-7H,2-5,14H2,1H3. The van der Waals surface area contributed by atoms with Crippen molar-refractivity contribution in [3.63, 3.8) is 0 Å². The Bertz CT molecular complexity index is 207. The molecule has 0 aromatic rings. The molecule has 84 valence electrons. The molecule has 0 saturated heterocycles. The van der Waals surface area contributed by atoms with Crippen molar-refractivity contribution in [1.29, 1.82) is 0 Å². The highest BCUT2D eigenvalue weighted by Crippen LogP contribution is 2.41. The van der Waals surface area contributed by atoms with E-state index in [0.717, 1.165) is 6.42 Å². The first-order valence-electron chi connectivity index (χ1n) is 4.70. The van der Waals surface area contributed by atoms with E-state index in [1.54, 1.807) is 0 Å². The van der Waals surface area contributed by atoms with E-state index in [2.05, 4.69) is 0 Å². The smallest absolute Gasteiger partial charge is 0.309 e. The van der Waals surface area contributed by atoms with Crippen LogP contribution in [0.3, 0.4) is 0 Å². The summed E-state index contributed by atoms with van der Waals surface area (Å²) in [6.45, 7) is 1.90. The topological polar surface area (TPSA) is 26.0 Å². The van der Waals surface area contributed by atoms with Crippen molar-refractivity contribution in [2.24, 2.45) is 11.7 Å². The second kappa shape index (κ2) is 3.68. The van der Waals surface area contributed by atoms with Crippen LogP contribution in [0.4, 0.5) is 17.6 Å². The molecule has 1 aliphatic carbocycles. The molecule has 0 bridgehead atoms. The Balaban J connectivity index is 2.59. The average molecular weight is 213 g/mol. The van der Waals surface area contributed by atoms with Crippen molar-refractivity contribution in [1.82, 2.24) is 0 Å². The van der Waals surface area contributed by atoms with Crippen molar-refractivity contribution in [3.05, 3.63) is 0 Å². The lowest BCUT2D eigenvalue weighted by Crippen LogP contribution is -2.45. The maximum Gasteiger partial charge on any atom is 0.309 e. The molecular formula is C9H15F4N. The molecule has 1 saturated carbocycles. The van der Waals surface area contributed by atoms with Gasteiger partial charge in [-0.25, -0.2) is 17.6 Å². The van der Waals surface area contributed by atoms with E-state index in [0.29, 0.717) is 12.8 Å². The first-order valence-corrected chi connectivity index (χ1v) is 4.70. The quantitative estimate of drug-likeness (QED) is 0.717. The van der Waals surface area contributed by atoms with Gasteiger partial charge in [0.25, 0.3) is 0 Å². The molecule has 2 unspecified atom stereocenters. The fraction of sp³-hybridized carbons (Fsp3) is 1.00. The van der Waals surface area contributed by atoms with E-state index < -0.39 is 24.3 Å². The van der Waals surface area contributed by atoms with Crippen LogP contribution in [0, 0.1) is 5.92 Å². The van der Waals surface area contributed by atoms with E-state index in [9.17, 15) is 17.6 Å². The van der Waals surface area contributed by atoms with Gasteiger partial charge in [0.2, 0.25) is 0 Å². The molecule has 0 aliphatic heterocycles. The first-order chi connectivity index (χ1) is 6.25. The molecule has 0 heterocycles. The third-order valence-corrected chi connectivity index (χ3v) is 2.80. The summed E-state index contributed by atoms with van der Waals surface area (Å²) in [6, 6.07) is 0. The number of rotatable bonds is 3. The maximum absolute atomic E-state index is 12.7. The van der Waals surface area contributed by atoms with Crippen LogP contribution in [-0.4, -0.2) is 17.9 Å². The van der Waals surface area contributed by atoms with Gasteiger partial charge in [-0.3, -0.25) is 0 Å². The fourth-order valence-corrected chi connectivity index (χ4v) is 2.14. The minimum absolute atomic E-state index is 0.258. The fourth-order valence-electron chi connectivity index (χ4n) is 2.14. The van der Waals surface area contributed by atoms with Crippen LogP contribution in [0.5, 0.6) is 0 Å². The van der Waals surface area contributed by atoms with Crippen molar-refractivity contribution >= 4 is 0 Å². The van der Waals surface area contributed by atoms with Gasteiger partial charge in [0, 0.05) is 12.0 Å². The second-order valence-corrected chi connectivity index (χ2v) is 4.45. The Morgan fingerprint density at radius 1 is 1.50 bits per heavy atom.